The smallest absolute Gasteiger partial charge is 0.0594 e. The number of ether oxygens (including phenoxy) is 1. The van der Waals surface area contributed by atoms with Crippen molar-refractivity contribution in [1.82, 2.24) is 4.90 Å². The third-order valence-electron chi connectivity index (χ3n) is 3.89. The third kappa shape index (κ3) is 4.60. The second kappa shape index (κ2) is 7.63. The summed E-state index contributed by atoms with van der Waals surface area (Å²) in [5.41, 5.74) is 2.66. The van der Waals surface area contributed by atoms with Crippen molar-refractivity contribution in [3.05, 3.63) is 35.4 Å². The Kier molecular flexibility index (Phi) is 5.83. The first-order chi connectivity index (χ1) is 9.29. The van der Waals surface area contributed by atoms with Crippen LogP contribution in [0, 0.1) is 6.92 Å². The molecular weight excluding hydrogens is 238 g/mol. The lowest BCUT2D eigenvalue weighted by Crippen LogP contribution is -2.37. The van der Waals surface area contributed by atoms with Gasteiger partial charge in [-0.3, -0.25) is 4.90 Å². The van der Waals surface area contributed by atoms with Gasteiger partial charge in [0, 0.05) is 19.7 Å². The Morgan fingerprint density at radius 3 is 2.74 bits per heavy atom. The van der Waals surface area contributed by atoms with Gasteiger partial charge in [0.2, 0.25) is 0 Å². The van der Waals surface area contributed by atoms with Crippen LogP contribution in [-0.2, 0) is 4.74 Å². The van der Waals surface area contributed by atoms with Crippen LogP contribution in [0.1, 0.15) is 29.9 Å². The summed E-state index contributed by atoms with van der Waals surface area (Å²) >= 11 is 0. The first kappa shape index (κ1) is 14.5. The summed E-state index contributed by atoms with van der Waals surface area (Å²) in [7, 11) is 0. The van der Waals surface area contributed by atoms with E-state index >= 15 is 0 Å². The van der Waals surface area contributed by atoms with Gasteiger partial charge < -0.3 is 9.84 Å². The van der Waals surface area contributed by atoms with Crippen LogP contribution < -0.4 is 0 Å². The van der Waals surface area contributed by atoms with E-state index in [-0.39, 0.29) is 6.61 Å². The van der Waals surface area contributed by atoms with Gasteiger partial charge in [0.05, 0.1) is 13.2 Å². The minimum absolute atomic E-state index is 0.266. The van der Waals surface area contributed by atoms with Gasteiger partial charge in [-0.2, -0.15) is 0 Å². The lowest BCUT2D eigenvalue weighted by Gasteiger charge is -2.28. The molecule has 1 N–H and O–H groups in total. The Balaban J connectivity index is 1.91. The predicted octanol–water partition coefficient (Wildman–Crippen LogP) is 2.18. The number of hydrogen-bond donors (Lipinski definition) is 1. The summed E-state index contributed by atoms with van der Waals surface area (Å²) in [6.45, 7) is 7.29. The van der Waals surface area contributed by atoms with Crippen LogP contribution in [-0.4, -0.2) is 49.5 Å². The zero-order chi connectivity index (χ0) is 13.5. The number of hydrogen-bond acceptors (Lipinski definition) is 3. The van der Waals surface area contributed by atoms with Gasteiger partial charge in [0.1, 0.15) is 0 Å². The molecule has 0 aliphatic carbocycles. The summed E-state index contributed by atoms with van der Waals surface area (Å²) in [5.74, 6) is 0.466. The minimum Gasteiger partial charge on any atom is -0.396 e. The quantitative estimate of drug-likeness (QED) is 0.854. The van der Waals surface area contributed by atoms with E-state index in [4.69, 9.17) is 4.74 Å². The van der Waals surface area contributed by atoms with Gasteiger partial charge in [0.25, 0.3) is 0 Å². The van der Waals surface area contributed by atoms with Gasteiger partial charge in [0.15, 0.2) is 0 Å². The van der Waals surface area contributed by atoms with Crippen LogP contribution in [0.25, 0.3) is 0 Å². The first-order valence-electron chi connectivity index (χ1n) is 7.27. The van der Waals surface area contributed by atoms with E-state index in [1.807, 2.05) is 0 Å². The Hall–Kier alpha value is -0.900. The highest BCUT2D eigenvalue weighted by Gasteiger charge is 2.15. The highest BCUT2D eigenvalue weighted by molar-refractivity contribution is 5.25. The molecule has 0 aromatic heterocycles. The van der Waals surface area contributed by atoms with Gasteiger partial charge in [-0.1, -0.05) is 29.8 Å². The van der Waals surface area contributed by atoms with Gasteiger partial charge in [-0.05, 0) is 37.8 Å². The Bertz CT molecular complexity index is 375. The summed E-state index contributed by atoms with van der Waals surface area (Å²) in [5, 5.41) is 9.27. The molecule has 1 heterocycles. The largest absolute Gasteiger partial charge is 0.396 e. The molecule has 1 atom stereocenters. The van der Waals surface area contributed by atoms with Crippen molar-refractivity contribution < 1.29 is 9.84 Å². The normalized spacial score (nSPS) is 18.4. The van der Waals surface area contributed by atoms with Gasteiger partial charge in [-0.25, -0.2) is 0 Å². The molecule has 106 valence electrons. The van der Waals surface area contributed by atoms with Crippen molar-refractivity contribution in [3.8, 4) is 0 Å². The lowest BCUT2D eigenvalue weighted by molar-refractivity contribution is 0.0362. The molecule has 1 aliphatic rings. The van der Waals surface area contributed by atoms with Crippen LogP contribution in [0.4, 0.5) is 0 Å². The lowest BCUT2D eigenvalue weighted by atomic mass is 9.91. The van der Waals surface area contributed by atoms with Crippen molar-refractivity contribution in [2.24, 2.45) is 0 Å². The van der Waals surface area contributed by atoms with Crippen LogP contribution in [0.2, 0.25) is 0 Å². The van der Waals surface area contributed by atoms with E-state index in [1.165, 1.54) is 11.1 Å². The highest BCUT2D eigenvalue weighted by Crippen LogP contribution is 2.24. The number of nitrogens with zero attached hydrogens (tertiary/aromatic N) is 1. The Labute approximate surface area is 116 Å². The van der Waals surface area contributed by atoms with Crippen molar-refractivity contribution in [1.29, 1.82) is 0 Å². The fraction of sp³-hybridized carbons (Fsp3) is 0.625. The van der Waals surface area contributed by atoms with E-state index in [0.717, 1.165) is 45.7 Å². The maximum absolute atomic E-state index is 9.27. The molecule has 1 aliphatic heterocycles. The van der Waals surface area contributed by atoms with E-state index in [9.17, 15) is 5.11 Å². The van der Waals surface area contributed by atoms with Crippen LogP contribution >= 0.6 is 0 Å². The Morgan fingerprint density at radius 1 is 1.26 bits per heavy atom. The molecule has 2 rings (SSSR count). The zero-order valence-corrected chi connectivity index (χ0v) is 11.8. The third-order valence-corrected chi connectivity index (χ3v) is 3.89. The summed E-state index contributed by atoms with van der Waals surface area (Å²) in [4.78, 5) is 2.46. The second-order valence-electron chi connectivity index (χ2n) is 5.37. The molecule has 0 saturated carbocycles. The monoisotopic (exact) mass is 263 g/mol. The molecule has 0 bridgehead atoms. The van der Waals surface area contributed by atoms with Crippen molar-refractivity contribution in [2.75, 3.05) is 39.5 Å². The molecule has 0 radical (unpaired) electrons. The summed E-state index contributed by atoms with van der Waals surface area (Å²) in [6, 6.07) is 8.68. The number of morpholine rings is 1. The molecule has 3 heteroatoms. The maximum Gasteiger partial charge on any atom is 0.0594 e. The number of rotatable bonds is 6. The molecule has 0 amide bonds. The van der Waals surface area contributed by atoms with E-state index in [2.05, 4.69) is 36.1 Å². The van der Waals surface area contributed by atoms with Crippen LogP contribution in [0.15, 0.2) is 24.3 Å². The molecule has 0 spiro atoms. The topological polar surface area (TPSA) is 32.7 Å². The second-order valence-corrected chi connectivity index (χ2v) is 5.37. The van der Waals surface area contributed by atoms with Crippen molar-refractivity contribution in [2.45, 2.75) is 25.7 Å². The Morgan fingerprint density at radius 2 is 2.05 bits per heavy atom. The fourth-order valence-corrected chi connectivity index (χ4v) is 2.72. The van der Waals surface area contributed by atoms with Crippen LogP contribution in [0.3, 0.4) is 0 Å². The SMILES string of the molecule is Cc1cccc([C@H](CCO)CCN2CCOCC2)c1. The predicted molar refractivity (Wildman–Crippen MR) is 77.5 cm³/mol. The average Bonchev–Trinajstić information content (AvgIpc) is 2.44. The van der Waals surface area contributed by atoms with E-state index < -0.39 is 0 Å². The molecule has 1 fully saturated rings. The summed E-state index contributed by atoms with van der Waals surface area (Å²) in [6.07, 6.45) is 1.97. The number of aliphatic hydroxyl groups is 1. The zero-order valence-electron chi connectivity index (χ0n) is 11.8. The van der Waals surface area contributed by atoms with E-state index in [0.29, 0.717) is 5.92 Å². The molecule has 1 saturated heterocycles. The molecule has 1 aromatic carbocycles. The first-order valence-corrected chi connectivity index (χ1v) is 7.27. The van der Waals surface area contributed by atoms with Gasteiger partial charge >= 0.3 is 0 Å². The molecular formula is C16H25NO2. The molecule has 0 unspecified atom stereocenters. The standard InChI is InChI=1S/C16H25NO2/c1-14-3-2-4-16(13-14)15(6-10-18)5-7-17-8-11-19-12-9-17/h2-4,13,15,18H,5-12H2,1H3/t15-/m0/s1. The highest BCUT2D eigenvalue weighted by atomic mass is 16.5. The summed E-state index contributed by atoms with van der Waals surface area (Å²) < 4.78 is 5.37. The van der Waals surface area contributed by atoms with Crippen LogP contribution in [0.5, 0.6) is 0 Å². The molecule has 19 heavy (non-hydrogen) atoms. The molecule has 3 nitrogen and oxygen atoms in total. The fourth-order valence-electron chi connectivity index (χ4n) is 2.72. The van der Waals surface area contributed by atoms with Crippen molar-refractivity contribution >= 4 is 0 Å². The van der Waals surface area contributed by atoms with E-state index in [1.54, 1.807) is 0 Å². The number of aliphatic hydroxyl groups excluding tert-OH is 1. The van der Waals surface area contributed by atoms with Gasteiger partial charge in [-0.15, -0.1) is 0 Å². The van der Waals surface area contributed by atoms with Crippen molar-refractivity contribution in [3.63, 3.8) is 0 Å². The number of benzene rings is 1. The molecule has 1 aromatic rings. The average molecular weight is 263 g/mol. The maximum atomic E-state index is 9.27. The minimum atomic E-state index is 0.266. The number of aryl methyl sites for hydroxylation is 1.